The van der Waals surface area contributed by atoms with Crippen molar-refractivity contribution in [2.75, 3.05) is 6.54 Å². The molecule has 0 aromatic rings. The molecule has 0 aliphatic carbocycles. The Labute approximate surface area is 138 Å². The third-order valence-corrected chi connectivity index (χ3v) is 3.16. The summed E-state index contributed by atoms with van der Waals surface area (Å²) in [5.74, 6) is -0.455. The molecule has 8 nitrogen and oxygen atoms in total. The summed E-state index contributed by atoms with van der Waals surface area (Å²) in [6.45, 7) is 8.31. The van der Waals surface area contributed by atoms with Crippen LogP contribution in [0.15, 0.2) is 4.99 Å². The Morgan fingerprint density at radius 1 is 1.04 bits per heavy atom. The number of nitrogens with zero attached hydrogens (tertiary/aromatic N) is 1. The minimum atomic E-state index is -0.656. The van der Waals surface area contributed by atoms with Gasteiger partial charge in [-0.25, -0.2) is 0 Å². The lowest BCUT2D eigenvalue weighted by Crippen LogP contribution is -2.53. The molecule has 8 heteroatoms. The molecule has 23 heavy (non-hydrogen) atoms. The van der Waals surface area contributed by atoms with Gasteiger partial charge in [0.25, 0.3) is 0 Å². The van der Waals surface area contributed by atoms with Crippen LogP contribution in [0.3, 0.4) is 0 Å². The van der Waals surface area contributed by atoms with Gasteiger partial charge in [0.1, 0.15) is 6.04 Å². The van der Waals surface area contributed by atoms with E-state index >= 15 is 0 Å². The van der Waals surface area contributed by atoms with Crippen molar-refractivity contribution in [3.63, 3.8) is 0 Å². The first kappa shape index (κ1) is 21.2. The van der Waals surface area contributed by atoms with Gasteiger partial charge in [-0.1, -0.05) is 27.7 Å². The monoisotopic (exact) mass is 328 g/mol. The molecule has 0 radical (unpaired) electrons. The van der Waals surface area contributed by atoms with Crippen molar-refractivity contribution < 1.29 is 9.59 Å². The van der Waals surface area contributed by atoms with E-state index in [2.05, 4.69) is 15.6 Å². The van der Waals surface area contributed by atoms with Crippen LogP contribution >= 0.6 is 0 Å². The minimum Gasteiger partial charge on any atom is -0.370 e. The van der Waals surface area contributed by atoms with E-state index in [9.17, 15) is 9.59 Å². The van der Waals surface area contributed by atoms with Crippen LogP contribution < -0.4 is 27.8 Å². The number of carbonyl (C=O) groups excluding carboxylic acids is 2. The number of nitrogens with one attached hydrogen (secondary N) is 2. The molecule has 0 bridgehead atoms. The maximum absolute atomic E-state index is 12.4. The van der Waals surface area contributed by atoms with E-state index in [1.165, 1.54) is 0 Å². The third kappa shape index (κ3) is 10.5. The fraction of sp³-hybridized carbons (Fsp3) is 0.800. The lowest BCUT2D eigenvalue weighted by Gasteiger charge is -2.24. The fourth-order valence-corrected chi connectivity index (χ4v) is 2.19. The van der Waals surface area contributed by atoms with Crippen molar-refractivity contribution in [2.24, 2.45) is 28.1 Å². The predicted octanol–water partition coefficient (Wildman–Crippen LogP) is -0.577. The summed E-state index contributed by atoms with van der Waals surface area (Å²) >= 11 is 0. The number of hydrogen-bond donors (Lipinski definition) is 5. The first-order valence-electron chi connectivity index (χ1n) is 8.04. The molecule has 0 heterocycles. The Balaban J connectivity index is 4.70. The van der Waals surface area contributed by atoms with E-state index < -0.39 is 18.0 Å². The first-order valence-corrected chi connectivity index (χ1v) is 8.04. The quantitative estimate of drug-likeness (QED) is 0.195. The molecule has 0 spiro atoms. The van der Waals surface area contributed by atoms with E-state index in [1.54, 1.807) is 0 Å². The average Bonchev–Trinajstić information content (AvgIpc) is 2.39. The predicted molar refractivity (Wildman–Crippen MR) is 92.6 cm³/mol. The second-order valence-electron chi connectivity index (χ2n) is 6.42. The molecular weight excluding hydrogens is 296 g/mol. The van der Waals surface area contributed by atoms with Crippen LogP contribution in [-0.4, -0.2) is 42.4 Å². The molecule has 8 N–H and O–H groups in total. The molecule has 2 amide bonds. The molecule has 0 saturated heterocycles. The van der Waals surface area contributed by atoms with Crippen LogP contribution in [0.2, 0.25) is 0 Å². The molecule has 2 atom stereocenters. The SMILES string of the molecule is CC(C)C[C@@H](NC(=O)[C@@H](CCCN=C(N)N)NC(C)C)C(N)=O. The van der Waals surface area contributed by atoms with Crippen LogP contribution in [-0.2, 0) is 9.59 Å². The Morgan fingerprint density at radius 2 is 1.65 bits per heavy atom. The summed E-state index contributed by atoms with van der Waals surface area (Å²) in [5, 5.41) is 5.93. The van der Waals surface area contributed by atoms with E-state index in [0.717, 1.165) is 0 Å². The zero-order chi connectivity index (χ0) is 18.0. The van der Waals surface area contributed by atoms with Gasteiger partial charge < -0.3 is 27.8 Å². The van der Waals surface area contributed by atoms with Crippen molar-refractivity contribution in [2.45, 2.75) is 65.1 Å². The highest BCUT2D eigenvalue weighted by molar-refractivity contribution is 5.89. The minimum absolute atomic E-state index is 0.0357. The van der Waals surface area contributed by atoms with Crippen LogP contribution in [0.4, 0.5) is 0 Å². The topological polar surface area (TPSA) is 149 Å². The zero-order valence-corrected chi connectivity index (χ0v) is 14.6. The second kappa shape index (κ2) is 10.8. The number of rotatable bonds is 11. The largest absolute Gasteiger partial charge is 0.370 e. The number of carbonyl (C=O) groups is 2. The number of nitrogens with two attached hydrogens (primary N) is 3. The van der Waals surface area contributed by atoms with Crippen molar-refractivity contribution in [3.05, 3.63) is 0 Å². The molecular formula is C15H32N6O2. The highest BCUT2D eigenvalue weighted by Gasteiger charge is 2.24. The van der Waals surface area contributed by atoms with Crippen LogP contribution in [0.1, 0.15) is 47.0 Å². The van der Waals surface area contributed by atoms with Gasteiger partial charge >= 0.3 is 0 Å². The summed E-state index contributed by atoms with van der Waals surface area (Å²) in [4.78, 5) is 27.8. The third-order valence-electron chi connectivity index (χ3n) is 3.16. The summed E-state index contributed by atoms with van der Waals surface area (Å²) in [6.07, 6.45) is 1.73. The van der Waals surface area contributed by atoms with Gasteiger partial charge in [-0.15, -0.1) is 0 Å². The van der Waals surface area contributed by atoms with Gasteiger partial charge in [-0.2, -0.15) is 0 Å². The standard InChI is InChI=1S/C15H32N6O2/c1-9(2)8-12(13(16)22)21-14(23)11(20-10(3)4)6-5-7-19-15(17)18/h9-12,20H,5-8H2,1-4H3,(H2,16,22)(H,21,23)(H4,17,18,19)/t11-,12-/m1/s1. The number of hydrogen-bond acceptors (Lipinski definition) is 4. The van der Waals surface area contributed by atoms with Crippen molar-refractivity contribution in [1.82, 2.24) is 10.6 Å². The molecule has 0 aromatic carbocycles. The molecule has 0 fully saturated rings. The Hall–Kier alpha value is -1.83. The molecule has 0 rings (SSSR count). The molecule has 0 saturated carbocycles. The Morgan fingerprint density at radius 3 is 2.09 bits per heavy atom. The van der Waals surface area contributed by atoms with Crippen LogP contribution in [0.25, 0.3) is 0 Å². The van der Waals surface area contributed by atoms with Gasteiger partial charge in [-0.3, -0.25) is 14.6 Å². The number of aliphatic imine (C=N–C) groups is 1. The first-order chi connectivity index (χ1) is 10.6. The number of primary amides is 1. The van der Waals surface area contributed by atoms with E-state index in [0.29, 0.717) is 25.8 Å². The molecule has 134 valence electrons. The lowest BCUT2D eigenvalue weighted by atomic mass is 10.0. The normalized spacial score (nSPS) is 13.7. The van der Waals surface area contributed by atoms with Crippen molar-refractivity contribution >= 4 is 17.8 Å². The molecule has 0 aromatic heterocycles. The van der Waals surface area contributed by atoms with Gasteiger partial charge in [-0.05, 0) is 25.2 Å². The summed E-state index contributed by atoms with van der Waals surface area (Å²) < 4.78 is 0. The van der Waals surface area contributed by atoms with E-state index in [-0.39, 0.29) is 23.8 Å². The van der Waals surface area contributed by atoms with Crippen molar-refractivity contribution in [3.8, 4) is 0 Å². The molecule has 0 aliphatic heterocycles. The summed E-state index contributed by atoms with van der Waals surface area (Å²) in [7, 11) is 0. The molecule has 0 unspecified atom stereocenters. The number of guanidine groups is 1. The lowest BCUT2D eigenvalue weighted by molar-refractivity contribution is -0.129. The smallest absolute Gasteiger partial charge is 0.240 e. The maximum Gasteiger partial charge on any atom is 0.240 e. The Kier molecular flexibility index (Phi) is 9.96. The summed E-state index contributed by atoms with van der Waals surface area (Å²) in [6, 6.07) is -0.944. The Bertz CT molecular complexity index is 405. The van der Waals surface area contributed by atoms with Gasteiger partial charge in [0.15, 0.2) is 5.96 Å². The van der Waals surface area contributed by atoms with Crippen LogP contribution in [0, 0.1) is 5.92 Å². The maximum atomic E-state index is 12.4. The average molecular weight is 328 g/mol. The second-order valence-corrected chi connectivity index (χ2v) is 6.42. The molecule has 0 aliphatic rings. The highest BCUT2D eigenvalue weighted by atomic mass is 16.2. The fourth-order valence-electron chi connectivity index (χ4n) is 2.19. The van der Waals surface area contributed by atoms with Gasteiger partial charge in [0.05, 0.1) is 6.04 Å². The number of amides is 2. The van der Waals surface area contributed by atoms with E-state index in [4.69, 9.17) is 17.2 Å². The van der Waals surface area contributed by atoms with E-state index in [1.807, 2.05) is 27.7 Å². The zero-order valence-electron chi connectivity index (χ0n) is 14.6. The van der Waals surface area contributed by atoms with Gasteiger partial charge in [0, 0.05) is 12.6 Å². The van der Waals surface area contributed by atoms with Crippen molar-refractivity contribution in [1.29, 1.82) is 0 Å². The summed E-state index contributed by atoms with van der Waals surface area (Å²) in [5.41, 5.74) is 15.9. The van der Waals surface area contributed by atoms with Gasteiger partial charge in [0.2, 0.25) is 11.8 Å². The van der Waals surface area contributed by atoms with Crippen LogP contribution in [0.5, 0.6) is 0 Å². The highest BCUT2D eigenvalue weighted by Crippen LogP contribution is 2.06.